The molecule has 0 radical (unpaired) electrons. The molecule has 1 aliphatic heterocycles. The van der Waals surface area contributed by atoms with Gasteiger partial charge in [0.25, 0.3) is 11.5 Å². The first kappa shape index (κ1) is 25.2. The molecule has 2 aromatic heterocycles. The Hall–Kier alpha value is -4.44. The number of thiazole rings is 1. The maximum Gasteiger partial charge on any atom is 0.271 e. The summed E-state index contributed by atoms with van der Waals surface area (Å²) in [4.78, 5) is 32.7. The van der Waals surface area contributed by atoms with Crippen molar-refractivity contribution in [1.29, 1.82) is 0 Å². The largest absolute Gasteiger partial charge is 0.504 e. The first-order valence-electron chi connectivity index (χ1n) is 12.0. The first-order valence-corrected chi connectivity index (χ1v) is 12.8. The number of fused-ring (bicyclic) bond motifs is 1. The number of amides is 1. The second kappa shape index (κ2) is 9.79. The van der Waals surface area contributed by atoms with Gasteiger partial charge in [0.2, 0.25) is 0 Å². The minimum absolute atomic E-state index is 0.0397. The highest BCUT2D eigenvalue weighted by atomic mass is 32.1. The molecule has 4 aromatic rings. The molecule has 1 unspecified atom stereocenters. The van der Waals surface area contributed by atoms with E-state index in [1.807, 2.05) is 45.2 Å². The topological polar surface area (TPSA) is 111 Å². The number of aromatic nitrogens is 3. The average Bonchev–Trinajstić information content (AvgIpc) is 3.33. The summed E-state index contributed by atoms with van der Waals surface area (Å²) in [6.45, 7) is 5.61. The Labute approximate surface area is 222 Å². The van der Waals surface area contributed by atoms with Gasteiger partial charge in [-0.3, -0.25) is 18.8 Å². The van der Waals surface area contributed by atoms with Crippen LogP contribution < -0.4 is 24.9 Å². The Morgan fingerprint density at radius 3 is 2.55 bits per heavy atom. The number of hydrogen-bond donors (Lipinski definition) is 2. The van der Waals surface area contributed by atoms with Gasteiger partial charge in [-0.2, -0.15) is 5.10 Å². The Bertz CT molecular complexity index is 1780. The van der Waals surface area contributed by atoms with Gasteiger partial charge >= 0.3 is 0 Å². The summed E-state index contributed by atoms with van der Waals surface area (Å²) in [6.07, 6.45) is 1.83. The van der Waals surface area contributed by atoms with E-state index in [1.54, 1.807) is 35.9 Å². The van der Waals surface area contributed by atoms with Crippen LogP contribution >= 0.6 is 11.3 Å². The van der Waals surface area contributed by atoms with E-state index < -0.39 is 6.04 Å². The third-order valence-electron chi connectivity index (χ3n) is 6.66. The number of phenolic OH excluding ortho intramolecular Hbond substituents is 1. The number of nitrogens with one attached hydrogen (secondary N) is 1. The summed E-state index contributed by atoms with van der Waals surface area (Å²) in [6, 6.07) is 13.1. The maximum absolute atomic E-state index is 13.9. The summed E-state index contributed by atoms with van der Waals surface area (Å²) in [5.41, 5.74) is 4.41. The molecule has 0 aliphatic carbocycles. The zero-order valence-corrected chi connectivity index (χ0v) is 22.5. The number of aryl methyl sites for hydroxylation is 2. The molecule has 5 rings (SSSR count). The molecule has 2 aromatic carbocycles. The molecule has 0 spiro atoms. The van der Waals surface area contributed by atoms with Crippen LogP contribution in [0.15, 0.2) is 69.6 Å². The van der Waals surface area contributed by atoms with Crippen LogP contribution in [0.5, 0.6) is 11.5 Å². The van der Waals surface area contributed by atoms with Gasteiger partial charge < -0.3 is 15.2 Å². The Morgan fingerprint density at radius 2 is 1.89 bits per heavy atom. The van der Waals surface area contributed by atoms with E-state index >= 15 is 0 Å². The fourth-order valence-corrected chi connectivity index (χ4v) is 5.67. The number of anilines is 1. The molecule has 194 valence electrons. The number of hydrogen-bond acceptors (Lipinski definition) is 7. The zero-order chi connectivity index (χ0) is 27.1. The maximum atomic E-state index is 13.9. The molecule has 0 fully saturated rings. The molecule has 1 amide bonds. The van der Waals surface area contributed by atoms with Gasteiger partial charge in [0, 0.05) is 24.0 Å². The number of ether oxygens (including phenoxy) is 1. The number of benzene rings is 2. The van der Waals surface area contributed by atoms with Crippen LogP contribution in [-0.4, -0.2) is 32.5 Å². The minimum Gasteiger partial charge on any atom is -0.504 e. The van der Waals surface area contributed by atoms with E-state index in [-0.39, 0.29) is 23.0 Å². The molecule has 0 saturated carbocycles. The quantitative estimate of drug-likeness (QED) is 0.413. The van der Waals surface area contributed by atoms with E-state index in [0.29, 0.717) is 31.9 Å². The predicted molar refractivity (Wildman–Crippen MR) is 146 cm³/mol. The van der Waals surface area contributed by atoms with Gasteiger partial charge in [-0.25, -0.2) is 4.99 Å². The second-order valence-electron chi connectivity index (χ2n) is 9.04. The third-order valence-corrected chi connectivity index (χ3v) is 7.64. The van der Waals surface area contributed by atoms with Crippen molar-refractivity contribution >= 4 is 29.0 Å². The van der Waals surface area contributed by atoms with Gasteiger partial charge in [-0.1, -0.05) is 35.6 Å². The minimum atomic E-state index is -0.789. The van der Waals surface area contributed by atoms with Crippen molar-refractivity contribution in [3.8, 4) is 11.5 Å². The fourth-order valence-electron chi connectivity index (χ4n) is 4.64. The van der Waals surface area contributed by atoms with Gasteiger partial charge in [0.1, 0.15) is 0 Å². The van der Waals surface area contributed by atoms with Crippen LogP contribution in [0, 0.1) is 13.8 Å². The van der Waals surface area contributed by atoms with Crippen LogP contribution in [0.2, 0.25) is 0 Å². The molecule has 0 bridgehead atoms. The van der Waals surface area contributed by atoms with Crippen molar-refractivity contribution in [2.75, 3.05) is 12.4 Å². The lowest BCUT2D eigenvalue weighted by Crippen LogP contribution is -2.40. The number of methoxy groups -OCH3 is 1. The SMILES string of the molecule is COc1cc(C2C(C(=O)Nc3ccccc3)=C(C)N=c3s/c(=C/c4c(C)nn(C)c4C)c(=O)n32)ccc1O. The summed E-state index contributed by atoms with van der Waals surface area (Å²) in [5.74, 6) is -0.173. The van der Waals surface area contributed by atoms with E-state index in [0.717, 1.165) is 17.0 Å². The van der Waals surface area contributed by atoms with Crippen LogP contribution in [0.25, 0.3) is 6.08 Å². The number of phenols is 1. The molecule has 1 aliphatic rings. The van der Waals surface area contributed by atoms with Gasteiger partial charge in [0.15, 0.2) is 16.3 Å². The summed E-state index contributed by atoms with van der Waals surface area (Å²) in [5, 5.41) is 17.6. The molecular weight excluding hydrogens is 502 g/mol. The Kier molecular flexibility index (Phi) is 6.50. The Morgan fingerprint density at radius 1 is 1.16 bits per heavy atom. The third kappa shape index (κ3) is 4.32. The molecular formula is C28H27N5O4S. The van der Waals surface area contributed by atoms with Crippen LogP contribution in [0.3, 0.4) is 0 Å². The predicted octanol–water partition coefficient (Wildman–Crippen LogP) is 2.94. The number of carbonyl (C=O) groups is 1. The average molecular weight is 530 g/mol. The van der Waals surface area contributed by atoms with Gasteiger partial charge in [-0.15, -0.1) is 0 Å². The first-order chi connectivity index (χ1) is 18.2. The van der Waals surface area contributed by atoms with E-state index in [4.69, 9.17) is 4.74 Å². The normalized spacial score (nSPS) is 15.3. The zero-order valence-electron chi connectivity index (χ0n) is 21.6. The molecule has 2 N–H and O–H groups in total. The molecule has 1 atom stereocenters. The number of nitrogens with zero attached hydrogens (tertiary/aromatic N) is 4. The number of rotatable bonds is 5. The second-order valence-corrected chi connectivity index (χ2v) is 10.1. The smallest absolute Gasteiger partial charge is 0.271 e. The lowest BCUT2D eigenvalue weighted by Gasteiger charge is -2.25. The number of para-hydroxylation sites is 1. The summed E-state index contributed by atoms with van der Waals surface area (Å²) in [7, 11) is 3.31. The van der Waals surface area contributed by atoms with Crippen molar-refractivity contribution in [3.63, 3.8) is 0 Å². The van der Waals surface area contributed by atoms with E-state index in [2.05, 4.69) is 15.4 Å². The molecule has 38 heavy (non-hydrogen) atoms. The molecule has 3 heterocycles. The highest BCUT2D eigenvalue weighted by Gasteiger charge is 2.33. The van der Waals surface area contributed by atoms with Crippen LogP contribution in [-0.2, 0) is 11.8 Å². The Balaban J connectivity index is 1.73. The standard InChI is InChI=1S/C28H27N5O4S/c1-15-20(17(3)32(4)31-15)14-23-27(36)33-25(18-11-12-21(34)22(13-18)37-5)24(16(2)29-28(33)38-23)26(35)30-19-9-7-6-8-10-19/h6-14,25,34H,1-5H3,(H,30,35)/b23-14+. The highest BCUT2D eigenvalue weighted by molar-refractivity contribution is 7.07. The van der Waals surface area contributed by atoms with E-state index in [1.165, 1.54) is 29.1 Å². The summed E-state index contributed by atoms with van der Waals surface area (Å²) >= 11 is 1.26. The fraction of sp³-hybridized carbons (Fsp3) is 0.214. The van der Waals surface area contributed by atoms with Crippen LogP contribution in [0.4, 0.5) is 5.69 Å². The highest BCUT2D eigenvalue weighted by Crippen LogP contribution is 2.35. The summed E-state index contributed by atoms with van der Waals surface area (Å²) < 4.78 is 9.13. The van der Waals surface area contributed by atoms with Crippen molar-refractivity contribution in [2.24, 2.45) is 12.0 Å². The van der Waals surface area contributed by atoms with Crippen molar-refractivity contribution in [3.05, 3.63) is 102 Å². The van der Waals surface area contributed by atoms with E-state index in [9.17, 15) is 14.7 Å². The van der Waals surface area contributed by atoms with Crippen molar-refractivity contribution in [2.45, 2.75) is 26.8 Å². The number of aromatic hydroxyl groups is 1. The van der Waals surface area contributed by atoms with Crippen molar-refractivity contribution < 1.29 is 14.6 Å². The number of carbonyl (C=O) groups excluding carboxylic acids is 1. The lowest BCUT2D eigenvalue weighted by molar-refractivity contribution is -0.113. The van der Waals surface area contributed by atoms with Gasteiger partial charge in [-0.05, 0) is 56.7 Å². The molecule has 9 nitrogen and oxygen atoms in total. The molecule has 0 saturated heterocycles. The lowest BCUT2D eigenvalue weighted by atomic mass is 9.94. The molecule has 10 heteroatoms. The van der Waals surface area contributed by atoms with Crippen LogP contribution in [0.1, 0.15) is 35.5 Å². The van der Waals surface area contributed by atoms with Crippen molar-refractivity contribution in [1.82, 2.24) is 14.3 Å². The van der Waals surface area contributed by atoms with Gasteiger partial charge in [0.05, 0.1) is 34.6 Å². The number of allylic oxidation sites excluding steroid dienone is 1. The monoisotopic (exact) mass is 529 g/mol.